The standard InChI is InChI=1S/C11H10Br2N2/c1-8-14-5-6-15(8)11-4-2-3-10(13)9(11)7-12/h2-6H,7H2,1H3. The third-order valence-corrected chi connectivity index (χ3v) is 3.62. The Hall–Kier alpha value is -0.610. The van der Waals surface area contributed by atoms with E-state index in [1.165, 1.54) is 5.56 Å². The van der Waals surface area contributed by atoms with E-state index in [-0.39, 0.29) is 0 Å². The van der Waals surface area contributed by atoms with E-state index in [2.05, 4.69) is 47.5 Å². The highest BCUT2D eigenvalue weighted by Crippen LogP contribution is 2.26. The molecule has 0 bridgehead atoms. The minimum Gasteiger partial charge on any atom is -0.304 e. The molecular formula is C11H10Br2N2. The van der Waals surface area contributed by atoms with Gasteiger partial charge in [0.1, 0.15) is 5.82 Å². The Morgan fingerprint density at radius 2 is 2.20 bits per heavy atom. The molecule has 0 N–H and O–H groups in total. The molecule has 78 valence electrons. The van der Waals surface area contributed by atoms with Gasteiger partial charge in [-0.25, -0.2) is 4.98 Å². The predicted octanol–water partition coefficient (Wildman–Crippen LogP) is 3.84. The van der Waals surface area contributed by atoms with Gasteiger partial charge in [-0.1, -0.05) is 37.9 Å². The molecule has 0 amide bonds. The first-order valence-corrected chi connectivity index (χ1v) is 6.49. The molecule has 0 saturated carbocycles. The second kappa shape index (κ2) is 4.49. The molecule has 0 atom stereocenters. The molecular weight excluding hydrogens is 320 g/mol. The monoisotopic (exact) mass is 328 g/mol. The fraction of sp³-hybridized carbons (Fsp3) is 0.182. The maximum Gasteiger partial charge on any atom is 0.110 e. The van der Waals surface area contributed by atoms with Crippen LogP contribution in [0.4, 0.5) is 0 Å². The van der Waals surface area contributed by atoms with Crippen LogP contribution in [0, 0.1) is 6.92 Å². The molecule has 2 nitrogen and oxygen atoms in total. The Kier molecular flexibility index (Phi) is 3.26. The molecule has 0 fully saturated rings. The second-order valence-electron chi connectivity index (χ2n) is 3.22. The number of nitrogens with zero attached hydrogens (tertiary/aromatic N) is 2. The quantitative estimate of drug-likeness (QED) is 0.765. The first-order valence-electron chi connectivity index (χ1n) is 4.57. The summed E-state index contributed by atoms with van der Waals surface area (Å²) in [5.41, 5.74) is 2.40. The molecule has 0 spiro atoms. The fourth-order valence-corrected chi connectivity index (χ4v) is 3.00. The van der Waals surface area contributed by atoms with E-state index in [4.69, 9.17) is 0 Å². The Balaban J connectivity index is 2.63. The van der Waals surface area contributed by atoms with Gasteiger partial charge in [0.25, 0.3) is 0 Å². The van der Waals surface area contributed by atoms with Crippen LogP contribution in [0.3, 0.4) is 0 Å². The van der Waals surface area contributed by atoms with Crippen LogP contribution < -0.4 is 0 Å². The number of aromatic nitrogens is 2. The lowest BCUT2D eigenvalue weighted by molar-refractivity contribution is 0.961. The molecule has 0 aliphatic carbocycles. The van der Waals surface area contributed by atoms with E-state index in [1.807, 2.05) is 31.5 Å². The van der Waals surface area contributed by atoms with Crippen molar-refractivity contribution in [2.75, 3.05) is 0 Å². The number of hydrogen-bond acceptors (Lipinski definition) is 1. The Morgan fingerprint density at radius 3 is 2.80 bits per heavy atom. The highest BCUT2D eigenvalue weighted by Gasteiger charge is 2.08. The molecule has 4 heteroatoms. The van der Waals surface area contributed by atoms with E-state index < -0.39 is 0 Å². The maximum absolute atomic E-state index is 4.23. The SMILES string of the molecule is Cc1nccn1-c1cccc(Br)c1CBr. The van der Waals surface area contributed by atoms with Crippen LogP contribution in [0.1, 0.15) is 11.4 Å². The first-order chi connectivity index (χ1) is 7.24. The van der Waals surface area contributed by atoms with Gasteiger partial charge >= 0.3 is 0 Å². The molecule has 1 heterocycles. The summed E-state index contributed by atoms with van der Waals surface area (Å²) in [6.45, 7) is 2.00. The zero-order valence-corrected chi connectivity index (χ0v) is 11.4. The minimum absolute atomic E-state index is 0.821. The van der Waals surface area contributed by atoms with Crippen molar-refractivity contribution in [2.24, 2.45) is 0 Å². The number of hydrogen-bond donors (Lipinski definition) is 0. The molecule has 0 aliphatic rings. The average Bonchev–Trinajstić information content (AvgIpc) is 2.64. The summed E-state index contributed by atoms with van der Waals surface area (Å²) in [5, 5.41) is 0.821. The van der Waals surface area contributed by atoms with Crippen LogP contribution in [0.15, 0.2) is 35.1 Å². The average molecular weight is 330 g/mol. The largest absolute Gasteiger partial charge is 0.304 e. The molecule has 0 unspecified atom stereocenters. The summed E-state index contributed by atoms with van der Waals surface area (Å²) in [6, 6.07) is 6.17. The summed E-state index contributed by atoms with van der Waals surface area (Å²) in [4.78, 5) is 4.23. The van der Waals surface area contributed by atoms with Crippen molar-refractivity contribution in [2.45, 2.75) is 12.3 Å². The van der Waals surface area contributed by atoms with Crippen molar-refractivity contribution in [1.29, 1.82) is 0 Å². The molecule has 0 radical (unpaired) electrons. The number of benzene rings is 1. The lowest BCUT2D eigenvalue weighted by atomic mass is 10.2. The van der Waals surface area contributed by atoms with Crippen LogP contribution >= 0.6 is 31.9 Å². The van der Waals surface area contributed by atoms with Crippen LogP contribution in [0.5, 0.6) is 0 Å². The molecule has 0 aliphatic heterocycles. The van der Waals surface area contributed by atoms with E-state index in [0.29, 0.717) is 0 Å². The van der Waals surface area contributed by atoms with Crippen LogP contribution in [-0.4, -0.2) is 9.55 Å². The number of alkyl halides is 1. The van der Waals surface area contributed by atoms with Gasteiger partial charge in [-0.05, 0) is 19.1 Å². The molecule has 2 aromatic rings. The van der Waals surface area contributed by atoms with Gasteiger partial charge in [-0.2, -0.15) is 0 Å². The summed E-state index contributed by atoms with van der Waals surface area (Å²) < 4.78 is 3.20. The molecule has 1 aromatic carbocycles. The third kappa shape index (κ3) is 2.01. The van der Waals surface area contributed by atoms with E-state index >= 15 is 0 Å². The van der Waals surface area contributed by atoms with Gasteiger partial charge in [-0.3, -0.25) is 0 Å². The van der Waals surface area contributed by atoms with Crippen molar-refractivity contribution >= 4 is 31.9 Å². The van der Waals surface area contributed by atoms with Crippen LogP contribution in [0.25, 0.3) is 5.69 Å². The zero-order chi connectivity index (χ0) is 10.8. The van der Waals surface area contributed by atoms with Gasteiger partial charge in [0.15, 0.2) is 0 Å². The van der Waals surface area contributed by atoms with Crippen LogP contribution in [0.2, 0.25) is 0 Å². The highest BCUT2D eigenvalue weighted by atomic mass is 79.9. The molecule has 0 saturated heterocycles. The van der Waals surface area contributed by atoms with E-state index in [0.717, 1.165) is 21.3 Å². The number of aryl methyl sites for hydroxylation is 1. The van der Waals surface area contributed by atoms with E-state index in [1.54, 1.807) is 0 Å². The fourth-order valence-electron chi connectivity index (χ4n) is 1.54. The van der Waals surface area contributed by atoms with Gasteiger partial charge in [0.05, 0.1) is 5.69 Å². The van der Waals surface area contributed by atoms with Crippen molar-refractivity contribution in [3.05, 3.63) is 46.5 Å². The zero-order valence-electron chi connectivity index (χ0n) is 8.24. The Bertz CT molecular complexity index is 477. The van der Waals surface area contributed by atoms with Gasteiger partial charge < -0.3 is 4.57 Å². The van der Waals surface area contributed by atoms with Crippen molar-refractivity contribution in [3.8, 4) is 5.69 Å². The van der Waals surface area contributed by atoms with Gasteiger partial charge in [0.2, 0.25) is 0 Å². The molecule has 2 rings (SSSR count). The van der Waals surface area contributed by atoms with Crippen molar-refractivity contribution in [1.82, 2.24) is 9.55 Å². The summed E-state index contributed by atoms with van der Waals surface area (Å²) in [7, 11) is 0. The Morgan fingerprint density at radius 1 is 1.40 bits per heavy atom. The lowest BCUT2D eigenvalue weighted by Crippen LogP contribution is -2.00. The summed E-state index contributed by atoms with van der Waals surface area (Å²) in [6.07, 6.45) is 3.79. The summed E-state index contributed by atoms with van der Waals surface area (Å²) in [5.74, 6) is 0.996. The van der Waals surface area contributed by atoms with Gasteiger partial charge in [-0.15, -0.1) is 0 Å². The third-order valence-electron chi connectivity index (χ3n) is 2.31. The normalized spacial score (nSPS) is 10.6. The van der Waals surface area contributed by atoms with E-state index in [9.17, 15) is 0 Å². The molecule has 15 heavy (non-hydrogen) atoms. The topological polar surface area (TPSA) is 17.8 Å². The Labute approximate surface area is 106 Å². The van der Waals surface area contributed by atoms with Crippen molar-refractivity contribution < 1.29 is 0 Å². The smallest absolute Gasteiger partial charge is 0.110 e. The first kappa shape index (κ1) is 10.9. The number of imidazole rings is 1. The maximum atomic E-state index is 4.23. The number of rotatable bonds is 2. The summed E-state index contributed by atoms with van der Waals surface area (Å²) >= 11 is 7.06. The van der Waals surface area contributed by atoms with Crippen molar-refractivity contribution in [3.63, 3.8) is 0 Å². The molecule has 1 aromatic heterocycles. The predicted molar refractivity (Wildman–Crippen MR) is 68.6 cm³/mol. The number of halogens is 2. The lowest BCUT2D eigenvalue weighted by Gasteiger charge is -2.11. The highest BCUT2D eigenvalue weighted by molar-refractivity contribution is 9.10. The minimum atomic E-state index is 0.821. The van der Waals surface area contributed by atoms with Crippen LogP contribution in [-0.2, 0) is 5.33 Å². The second-order valence-corrected chi connectivity index (χ2v) is 4.63. The van der Waals surface area contributed by atoms with Gasteiger partial charge in [0, 0.05) is 27.8 Å².